The molecule has 3 rings (SSSR count). The van der Waals surface area contributed by atoms with Crippen LogP contribution in [-0.2, 0) is 4.74 Å². The standard InChI is InChI=1S/C16H19N3O3/c1-2-21-16(20)15-14(17-19-18-15)12-9-5-6-10-13(12)22-11-7-3-4-8-11/h5-6,9-11H,2-4,7-8H2,1H3,(H,17,18,19). The van der Waals surface area contributed by atoms with Crippen LogP contribution in [0.25, 0.3) is 11.3 Å². The molecule has 0 bridgehead atoms. The van der Waals surface area contributed by atoms with Crippen molar-refractivity contribution in [1.29, 1.82) is 0 Å². The minimum absolute atomic E-state index is 0.185. The van der Waals surface area contributed by atoms with E-state index in [4.69, 9.17) is 9.47 Å². The first kappa shape index (κ1) is 14.6. The molecule has 1 aliphatic rings. The first-order valence-electron chi connectivity index (χ1n) is 7.63. The topological polar surface area (TPSA) is 77.1 Å². The van der Waals surface area contributed by atoms with Gasteiger partial charge in [-0.2, -0.15) is 10.3 Å². The Balaban J connectivity index is 1.91. The lowest BCUT2D eigenvalue weighted by molar-refractivity contribution is 0.0520. The Morgan fingerprint density at radius 3 is 2.82 bits per heavy atom. The van der Waals surface area contributed by atoms with Crippen molar-refractivity contribution in [2.45, 2.75) is 38.7 Å². The van der Waals surface area contributed by atoms with Crippen LogP contribution in [0.2, 0.25) is 0 Å². The molecule has 1 aromatic carbocycles. The molecule has 0 unspecified atom stereocenters. The molecule has 0 spiro atoms. The van der Waals surface area contributed by atoms with Crippen LogP contribution in [0.4, 0.5) is 0 Å². The van der Waals surface area contributed by atoms with Gasteiger partial charge in [-0.3, -0.25) is 0 Å². The van der Waals surface area contributed by atoms with E-state index in [-0.39, 0.29) is 11.8 Å². The number of aromatic nitrogens is 3. The fourth-order valence-corrected chi connectivity index (χ4v) is 2.71. The number of carbonyl (C=O) groups excluding carboxylic acids is 1. The van der Waals surface area contributed by atoms with Gasteiger partial charge < -0.3 is 9.47 Å². The summed E-state index contributed by atoms with van der Waals surface area (Å²) in [5.74, 6) is 0.246. The van der Waals surface area contributed by atoms with E-state index in [9.17, 15) is 4.79 Å². The van der Waals surface area contributed by atoms with E-state index in [1.54, 1.807) is 6.92 Å². The SMILES string of the molecule is CCOC(=O)c1n[nH]nc1-c1ccccc1OC1CCCC1. The summed E-state index contributed by atoms with van der Waals surface area (Å²) in [7, 11) is 0. The summed E-state index contributed by atoms with van der Waals surface area (Å²) in [4.78, 5) is 12.0. The molecule has 1 fully saturated rings. The lowest BCUT2D eigenvalue weighted by Crippen LogP contribution is -2.12. The summed E-state index contributed by atoms with van der Waals surface area (Å²) in [5, 5.41) is 10.5. The third-order valence-electron chi connectivity index (χ3n) is 3.75. The smallest absolute Gasteiger partial charge is 0.361 e. The van der Waals surface area contributed by atoms with Gasteiger partial charge in [0.2, 0.25) is 0 Å². The number of ether oxygens (including phenoxy) is 2. The Morgan fingerprint density at radius 1 is 1.27 bits per heavy atom. The fraction of sp³-hybridized carbons (Fsp3) is 0.438. The molecule has 1 N–H and O–H groups in total. The number of benzene rings is 1. The second kappa shape index (κ2) is 6.60. The van der Waals surface area contributed by atoms with E-state index in [2.05, 4.69) is 15.4 Å². The van der Waals surface area contributed by atoms with Crippen molar-refractivity contribution >= 4 is 5.97 Å². The van der Waals surface area contributed by atoms with Gasteiger partial charge in [-0.05, 0) is 44.7 Å². The Kier molecular flexibility index (Phi) is 4.37. The largest absolute Gasteiger partial charge is 0.490 e. The van der Waals surface area contributed by atoms with Crippen molar-refractivity contribution < 1.29 is 14.3 Å². The van der Waals surface area contributed by atoms with Gasteiger partial charge in [0.05, 0.1) is 12.7 Å². The van der Waals surface area contributed by atoms with Crippen LogP contribution in [0, 0.1) is 0 Å². The summed E-state index contributed by atoms with van der Waals surface area (Å²) < 4.78 is 11.1. The van der Waals surface area contributed by atoms with Gasteiger partial charge in [-0.1, -0.05) is 12.1 Å². The summed E-state index contributed by atoms with van der Waals surface area (Å²) in [6.07, 6.45) is 4.77. The maximum atomic E-state index is 12.0. The molecule has 0 atom stereocenters. The highest BCUT2D eigenvalue weighted by molar-refractivity contribution is 5.94. The summed E-state index contributed by atoms with van der Waals surface area (Å²) >= 11 is 0. The molecule has 0 aliphatic heterocycles. The number of aromatic amines is 1. The van der Waals surface area contributed by atoms with Gasteiger partial charge in [0.1, 0.15) is 11.4 Å². The zero-order chi connectivity index (χ0) is 15.4. The van der Waals surface area contributed by atoms with Crippen LogP contribution in [0.5, 0.6) is 5.75 Å². The second-order valence-electron chi connectivity index (χ2n) is 5.26. The molecular weight excluding hydrogens is 282 g/mol. The maximum absolute atomic E-state index is 12.0. The van der Waals surface area contributed by atoms with Crippen molar-refractivity contribution in [3.05, 3.63) is 30.0 Å². The van der Waals surface area contributed by atoms with Crippen molar-refractivity contribution in [3.63, 3.8) is 0 Å². The Hall–Kier alpha value is -2.37. The zero-order valence-corrected chi connectivity index (χ0v) is 12.5. The molecule has 1 aliphatic carbocycles. The van der Waals surface area contributed by atoms with Gasteiger partial charge in [0.15, 0.2) is 5.69 Å². The molecule has 6 nitrogen and oxygen atoms in total. The molecular formula is C16H19N3O3. The van der Waals surface area contributed by atoms with E-state index < -0.39 is 5.97 Å². The lowest BCUT2D eigenvalue weighted by atomic mass is 10.1. The van der Waals surface area contributed by atoms with Crippen molar-refractivity contribution in [3.8, 4) is 17.0 Å². The Morgan fingerprint density at radius 2 is 2.05 bits per heavy atom. The van der Waals surface area contributed by atoms with Gasteiger partial charge in [0, 0.05) is 5.56 Å². The van der Waals surface area contributed by atoms with Crippen LogP contribution in [0.1, 0.15) is 43.1 Å². The average Bonchev–Trinajstić information content (AvgIpc) is 3.19. The van der Waals surface area contributed by atoms with Gasteiger partial charge in [-0.25, -0.2) is 4.79 Å². The minimum atomic E-state index is -0.484. The number of hydrogen-bond donors (Lipinski definition) is 1. The van der Waals surface area contributed by atoms with E-state index in [0.717, 1.165) is 24.2 Å². The first-order chi connectivity index (χ1) is 10.8. The van der Waals surface area contributed by atoms with Crippen molar-refractivity contribution in [2.24, 2.45) is 0 Å². The highest BCUT2D eigenvalue weighted by atomic mass is 16.5. The Bertz CT molecular complexity index is 648. The number of carbonyl (C=O) groups is 1. The Labute approximate surface area is 128 Å². The molecule has 1 saturated carbocycles. The molecule has 6 heteroatoms. The first-order valence-corrected chi connectivity index (χ1v) is 7.63. The third-order valence-corrected chi connectivity index (χ3v) is 3.75. The van der Waals surface area contributed by atoms with Crippen LogP contribution in [-0.4, -0.2) is 34.1 Å². The van der Waals surface area contributed by atoms with E-state index in [1.165, 1.54) is 12.8 Å². The number of nitrogens with one attached hydrogen (secondary N) is 1. The average molecular weight is 301 g/mol. The number of rotatable bonds is 5. The maximum Gasteiger partial charge on any atom is 0.361 e. The van der Waals surface area contributed by atoms with Crippen LogP contribution in [0.15, 0.2) is 24.3 Å². The van der Waals surface area contributed by atoms with E-state index >= 15 is 0 Å². The van der Waals surface area contributed by atoms with Crippen molar-refractivity contribution in [1.82, 2.24) is 15.4 Å². The molecule has 1 heterocycles. The molecule has 1 aromatic heterocycles. The molecule has 0 amide bonds. The van der Waals surface area contributed by atoms with Crippen LogP contribution in [0.3, 0.4) is 0 Å². The number of hydrogen-bond acceptors (Lipinski definition) is 5. The third kappa shape index (κ3) is 2.95. The van der Waals surface area contributed by atoms with Crippen LogP contribution < -0.4 is 4.74 Å². The minimum Gasteiger partial charge on any atom is -0.490 e. The van der Waals surface area contributed by atoms with Crippen LogP contribution >= 0.6 is 0 Å². The normalized spacial score (nSPS) is 15.0. The molecule has 0 radical (unpaired) electrons. The lowest BCUT2D eigenvalue weighted by Gasteiger charge is -2.15. The molecule has 22 heavy (non-hydrogen) atoms. The van der Waals surface area contributed by atoms with Gasteiger partial charge in [0.25, 0.3) is 0 Å². The van der Waals surface area contributed by atoms with Gasteiger partial charge >= 0.3 is 5.97 Å². The molecule has 2 aromatic rings. The number of nitrogens with zero attached hydrogens (tertiary/aromatic N) is 2. The molecule has 0 saturated heterocycles. The fourth-order valence-electron chi connectivity index (χ4n) is 2.71. The summed E-state index contributed by atoms with van der Waals surface area (Å²) in [6.45, 7) is 2.06. The zero-order valence-electron chi connectivity index (χ0n) is 12.5. The highest BCUT2D eigenvalue weighted by Gasteiger charge is 2.23. The monoisotopic (exact) mass is 301 g/mol. The number of para-hydroxylation sites is 1. The van der Waals surface area contributed by atoms with E-state index in [1.807, 2.05) is 24.3 Å². The second-order valence-corrected chi connectivity index (χ2v) is 5.26. The van der Waals surface area contributed by atoms with Gasteiger partial charge in [-0.15, -0.1) is 5.10 Å². The summed E-state index contributed by atoms with van der Waals surface area (Å²) in [6, 6.07) is 7.58. The highest BCUT2D eigenvalue weighted by Crippen LogP contribution is 2.33. The predicted molar refractivity (Wildman–Crippen MR) is 80.7 cm³/mol. The van der Waals surface area contributed by atoms with Crippen molar-refractivity contribution in [2.75, 3.05) is 6.61 Å². The predicted octanol–water partition coefficient (Wildman–Crippen LogP) is 2.97. The quantitative estimate of drug-likeness (QED) is 0.859. The van der Waals surface area contributed by atoms with E-state index in [0.29, 0.717) is 12.3 Å². The number of H-pyrrole nitrogens is 1. The molecule has 116 valence electrons. The summed E-state index contributed by atoms with van der Waals surface area (Å²) in [5.41, 5.74) is 1.41. The number of esters is 1.